The number of nitrogens with two attached hydrogens (primary N) is 1. The van der Waals surface area contributed by atoms with E-state index in [2.05, 4.69) is 37.2 Å². The predicted molar refractivity (Wildman–Crippen MR) is 73.5 cm³/mol. The number of halogens is 2. The third kappa shape index (κ3) is 3.30. The van der Waals surface area contributed by atoms with Gasteiger partial charge < -0.3 is 11.1 Å². The quantitative estimate of drug-likeness (QED) is 0.821. The molecule has 0 spiro atoms. The van der Waals surface area contributed by atoms with Crippen LogP contribution in [0.5, 0.6) is 0 Å². The zero-order chi connectivity index (χ0) is 12.3. The van der Waals surface area contributed by atoms with Gasteiger partial charge in [-0.3, -0.25) is 4.79 Å². The van der Waals surface area contributed by atoms with Crippen LogP contribution in [0, 0.1) is 0 Å². The van der Waals surface area contributed by atoms with Crippen LogP contribution in [-0.4, -0.2) is 18.9 Å². The first kappa shape index (κ1) is 13.7. The number of likely N-dealkylation sites (N-methyl/N-ethyl adjacent to an activating group) is 1. The summed E-state index contributed by atoms with van der Waals surface area (Å²) in [7, 11) is 1.79. The number of carbonyl (C=O) groups excluding carboxylic acids is 1. The zero-order valence-electron chi connectivity index (χ0n) is 9.18. The molecule has 0 aliphatic heterocycles. The van der Waals surface area contributed by atoms with Gasteiger partial charge in [0.2, 0.25) is 0 Å². The Morgan fingerprint density at radius 1 is 1.44 bits per heavy atom. The second-order valence-corrected chi connectivity index (χ2v) is 5.34. The van der Waals surface area contributed by atoms with Crippen LogP contribution in [0.2, 0.25) is 0 Å². The smallest absolute Gasteiger partial charge is 0.147 e. The minimum Gasteiger partial charge on any atom is -0.397 e. The Morgan fingerprint density at radius 2 is 1.94 bits per heavy atom. The Kier molecular flexibility index (Phi) is 4.95. The molecule has 0 fully saturated rings. The average molecular weight is 350 g/mol. The van der Waals surface area contributed by atoms with Crippen molar-refractivity contribution in [3.05, 3.63) is 26.6 Å². The van der Waals surface area contributed by atoms with Gasteiger partial charge in [-0.05, 0) is 69.9 Å². The van der Waals surface area contributed by atoms with Crippen LogP contribution >= 0.6 is 31.9 Å². The number of anilines is 1. The highest BCUT2D eigenvalue weighted by molar-refractivity contribution is 9.11. The highest BCUT2D eigenvalue weighted by Gasteiger charge is 2.13. The molecule has 3 N–H and O–H groups in total. The monoisotopic (exact) mass is 348 g/mol. The molecule has 0 amide bonds. The van der Waals surface area contributed by atoms with Crippen LogP contribution in [0.3, 0.4) is 0 Å². The van der Waals surface area contributed by atoms with Crippen LogP contribution in [0.15, 0.2) is 21.1 Å². The van der Waals surface area contributed by atoms with Crippen LogP contribution in [0.25, 0.3) is 0 Å². The summed E-state index contributed by atoms with van der Waals surface area (Å²) in [5.41, 5.74) is 7.53. The van der Waals surface area contributed by atoms with E-state index in [1.807, 2.05) is 12.1 Å². The molecule has 16 heavy (non-hydrogen) atoms. The molecule has 0 saturated heterocycles. The minimum absolute atomic E-state index is 0.131. The molecule has 0 aliphatic carbocycles. The lowest BCUT2D eigenvalue weighted by Crippen LogP contribution is -2.34. The molecule has 88 valence electrons. The third-order valence-electron chi connectivity index (χ3n) is 2.42. The normalized spacial score (nSPS) is 12.5. The van der Waals surface area contributed by atoms with E-state index in [0.29, 0.717) is 12.1 Å². The van der Waals surface area contributed by atoms with Gasteiger partial charge in [-0.1, -0.05) is 0 Å². The molecule has 0 aromatic heterocycles. The summed E-state index contributed by atoms with van der Waals surface area (Å²) in [5.74, 6) is 0.131. The second-order valence-electron chi connectivity index (χ2n) is 3.63. The number of carbonyl (C=O) groups is 1. The Morgan fingerprint density at radius 3 is 2.31 bits per heavy atom. The highest BCUT2D eigenvalue weighted by atomic mass is 79.9. The SMILES string of the molecule is CN[C@H](Cc1cc(Br)c(N)c(Br)c1)C(C)=O. The molecule has 5 heteroatoms. The van der Waals surface area contributed by atoms with Gasteiger partial charge in [-0.2, -0.15) is 0 Å². The summed E-state index contributed by atoms with van der Waals surface area (Å²) in [6.45, 7) is 1.59. The fourth-order valence-corrected chi connectivity index (χ4v) is 2.72. The molecule has 0 heterocycles. The lowest BCUT2D eigenvalue weighted by molar-refractivity contribution is -0.118. The number of nitrogens with one attached hydrogen (secondary N) is 1. The Balaban J connectivity index is 2.93. The van der Waals surface area contributed by atoms with Crippen molar-refractivity contribution < 1.29 is 4.79 Å². The highest BCUT2D eigenvalue weighted by Crippen LogP contribution is 2.30. The van der Waals surface area contributed by atoms with Gasteiger partial charge in [-0.15, -0.1) is 0 Å². The van der Waals surface area contributed by atoms with E-state index in [4.69, 9.17) is 5.73 Å². The van der Waals surface area contributed by atoms with E-state index in [-0.39, 0.29) is 11.8 Å². The van der Waals surface area contributed by atoms with E-state index in [1.54, 1.807) is 14.0 Å². The fraction of sp³-hybridized carbons (Fsp3) is 0.364. The second kappa shape index (κ2) is 5.80. The summed E-state index contributed by atoms with van der Waals surface area (Å²) in [6, 6.07) is 3.73. The molecule has 1 atom stereocenters. The maximum Gasteiger partial charge on any atom is 0.147 e. The van der Waals surface area contributed by atoms with Crippen molar-refractivity contribution in [2.24, 2.45) is 0 Å². The molecule has 0 saturated carbocycles. The number of benzene rings is 1. The topological polar surface area (TPSA) is 55.1 Å². The Labute approximate surface area is 112 Å². The van der Waals surface area contributed by atoms with Crippen molar-refractivity contribution in [2.75, 3.05) is 12.8 Å². The molecule has 1 aromatic carbocycles. The summed E-state index contributed by atoms with van der Waals surface area (Å²) in [6.07, 6.45) is 0.656. The maximum atomic E-state index is 11.3. The third-order valence-corrected chi connectivity index (χ3v) is 3.73. The van der Waals surface area contributed by atoms with Crippen molar-refractivity contribution >= 4 is 43.3 Å². The van der Waals surface area contributed by atoms with Gasteiger partial charge in [0.25, 0.3) is 0 Å². The molecule has 0 unspecified atom stereocenters. The van der Waals surface area contributed by atoms with Gasteiger partial charge in [0.05, 0.1) is 11.7 Å². The van der Waals surface area contributed by atoms with Gasteiger partial charge in [0, 0.05) is 8.95 Å². The summed E-state index contributed by atoms with van der Waals surface area (Å²) in [5, 5.41) is 2.99. The number of rotatable bonds is 4. The van der Waals surface area contributed by atoms with Crippen molar-refractivity contribution in [1.82, 2.24) is 5.32 Å². The average Bonchev–Trinajstić information content (AvgIpc) is 2.21. The molecule has 0 radical (unpaired) electrons. The van der Waals surface area contributed by atoms with Crippen molar-refractivity contribution in [3.8, 4) is 0 Å². The predicted octanol–water partition coefficient (Wildman–Crippen LogP) is 2.51. The van der Waals surface area contributed by atoms with Crippen molar-refractivity contribution in [3.63, 3.8) is 0 Å². The molecule has 3 nitrogen and oxygen atoms in total. The number of nitrogen functional groups attached to an aromatic ring is 1. The zero-order valence-corrected chi connectivity index (χ0v) is 12.4. The lowest BCUT2D eigenvalue weighted by Gasteiger charge is -2.14. The Hall–Kier alpha value is -0.390. The van der Waals surface area contributed by atoms with Gasteiger partial charge >= 0.3 is 0 Å². The van der Waals surface area contributed by atoms with Crippen LogP contribution < -0.4 is 11.1 Å². The number of hydrogen-bond acceptors (Lipinski definition) is 3. The first-order valence-electron chi connectivity index (χ1n) is 4.86. The van der Waals surface area contributed by atoms with Crippen molar-refractivity contribution in [1.29, 1.82) is 0 Å². The Bertz CT molecular complexity index is 384. The number of hydrogen-bond donors (Lipinski definition) is 2. The largest absolute Gasteiger partial charge is 0.397 e. The summed E-state index contributed by atoms with van der Waals surface area (Å²) < 4.78 is 1.69. The van der Waals surface area contributed by atoms with E-state index >= 15 is 0 Å². The van der Waals surface area contributed by atoms with Crippen LogP contribution in [-0.2, 0) is 11.2 Å². The van der Waals surface area contributed by atoms with Gasteiger partial charge in [-0.25, -0.2) is 0 Å². The van der Waals surface area contributed by atoms with Crippen LogP contribution in [0.1, 0.15) is 12.5 Å². The molecule has 1 rings (SSSR count). The first-order valence-corrected chi connectivity index (χ1v) is 6.45. The molecule has 0 bridgehead atoms. The standard InChI is InChI=1S/C11H14Br2N2O/c1-6(16)10(15-2)5-7-3-8(12)11(14)9(13)4-7/h3-4,10,15H,5,14H2,1-2H3/t10-/m1/s1. The maximum absolute atomic E-state index is 11.3. The van der Waals surface area contributed by atoms with Crippen molar-refractivity contribution in [2.45, 2.75) is 19.4 Å². The summed E-state index contributed by atoms with van der Waals surface area (Å²) >= 11 is 6.77. The minimum atomic E-state index is -0.151. The van der Waals surface area contributed by atoms with E-state index < -0.39 is 0 Å². The molecular weight excluding hydrogens is 336 g/mol. The number of Topliss-reactive ketones (excluding diaryl/α,β-unsaturated/α-hetero) is 1. The molecule has 0 aliphatic rings. The fourth-order valence-electron chi connectivity index (χ4n) is 1.44. The molecule has 1 aromatic rings. The van der Waals surface area contributed by atoms with E-state index in [1.165, 1.54) is 0 Å². The van der Waals surface area contributed by atoms with E-state index in [9.17, 15) is 4.79 Å². The van der Waals surface area contributed by atoms with Gasteiger partial charge in [0.15, 0.2) is 0 Å². The number of ketones is 1. The summed E-state index contributed by atoms with van der Waals surface area (Å²) in [4.78, 5) is 11.3. The van der Waals surface area contributed by atoms with E-state index in [0.717, 1.165) is 14.5 Å². The molecular formula is C11H14Br2N2O. The van der Waals surface area contributed by atoms with Crippen LogP contribution in [0.4, 0.5) is 5.69 Å². The van der Waals surface area contributed by atoms with Gasteiger partial charge in [0.1, 0.15) is 5.78 Å². The first-order chi connectivity index (χ1) is 7.45. The lowest BCUT2D eigenvalue weighted by atomic mass is 10.0.